The minimum absolute atomic E-state index is 0.201. The molecule has 0 aliphatic rings. The van der Waals surface area contributed by atoms with Crippen molar-refractivity contribution < 1.29 is 5.11 Å². The lowest BCUT2D eigenvalue weighted by molar-refractivity contribution is 0.224. The Kier molecular flexibility index (Phi) is 5.22. The lowest BCUT2D eigenvalue weighted by atomic mass is 10.0. The Hall–Kier alpha value is -0.450. The molecular weight excluding hydrogens is 208 g/mol. The van der Waals surface area contributed by atoms with E-state index < -0.39 is 0 Å². The maximum Gasteiger partial charge on any atom is 0.0897 e. The second-order valence-corrected chi connectivity index (χ2v) is 5.55. The van der Waals surface area contributed by atoms with E-state index in [-0.39, 0.29) is 12.6 Å². The number of aryl methyl sites for hydroxylation is 1. The molecule has 1 aromatic rings. The van der Waals surface area contributed by atoms with E-state index in [1.165, 1.54) is 4.88 Å². The maximum absolute atomic E-state index is 9.18. The molecule has 1 heterocycles. The van der Waals surface area contributed by atoms with E-state index in [9.17, 15) is 5.11 Å². The second kappa shape index (κ2) is 6.20. The van der Waals surface area contributed by atoms with Gasteiger partial charge in [0.05, 0.1) is 11.6 Å². The Balaban J connectivity index is 2.34. The summed E-state index contributed by atoms with van der Waals surface area (Å²) in [5, 5.41) is 13.6. The summed E-state index contributed by atoms with van der Waals surface area (Å²) in [4.78, 5) is 5.43. The van der Waals surface area contributed by atoms with Crippen molar-refractivity contribution in [3.05, 3.63) is 16.1 Å². The average Bonchev–Trinajstić information content (AvgIpc) is 2.58. The molecule has 4 heteroatoms. The largest absolute Gasteiger partial charge is 0.395 e. The maximum atomic E-state index is 9.18. The molecule has 2 N–H and O–H groups in total. The van der Waals surface area contributed by atoms with Crippen LogP contribution in [0.1, 0.15) is 30.2 Å². The molecule has 0 saturated carbocycles. The molecule has 0 spiro atoms. The third kappa shape index (κ3) is 4.73. The standard InChI is InChI=1S/C11H20N2OS/c1-8(2)4-10(7-14)13-6-11-5-12-9(3)15-11/h5,8,10,13-14H,4,6-7H2,1-3H3. The Morgan fingerprint density at radius 1 is 1.53 bits per heavy atom. The third-order valence-corrected chi connectivity index (χ3v) is 3.12. The van der Waals surface area contributed by atoms with Gasteiger partial charge in [0.25, 0.3) is 0 Å². The molecule has 1 atom stereocenters. The zero-order valence-electron chi connectivity index (χ0n) is 9.66. The van der Waals surface area contributed by atoms with Crippen molar-refractivity contribution in [2.75, 3.05) is 6.61 Å². The number of aromatic nitrogens is 1. The minimum Gasteiger partial charge on any atom is -0.395 e. The Morgan fingerprint density at radius 3 is 2.73 bits per heavy atom. The van der Waals surface area contributed by atoms with Crippen LogP contribution in [-0.4, -0.2) is 22.7 Å². The molecule has 1 aromatic heterocycles. The van der Waals surface area contributed by atoms with Gasteiger partial charge >= 0.3 is 0 Å². The topological polar surface area (TPSA) is 45.2 Å². The van der Waals surface area contributed by atoms with E-state index >= 15 is 0 Å². The SMILES string of the molecule is Cc1ncc(CNC(CO)CC(C)C)s1. The first-order valence-electron chi connectivity index (χ1n) is 5.37. The van der Waals surface area contributed by atoms with Crippen LogP contribution in [0.4, 0.5) is 0 Å². The Bertz CT molecular complexity index is 286. The van der Waals surface area contributed by atoms with Crippen LogP contribution < -0.4 is 5.32 Å². The molecule has 0 bridgehead atoms. The van der Waals surface area contributed by atoms with E-state index in [0.29, 0.717) is 5.92 Å². The predicted molar refractivity (Wildman–Crippen MR) is 64.0 cm³/mol. The van der Waals surface area contributed by atoms with E-state index in [1.54, 1.807) is 11.3 Å². The van der Waals surface area contributed by atoms with Crippen molar-refractivity contribution in [1.29, 1.82) is 0 Å². The fraction of sp³-hybridized carbons (Fsp3) is 0.727. The first-order chi connectivity index (χ1) is 7.11. The van der Waals surface area contributed by atoms with Gasteiger partial charge in [-0.1, -0.05) is 13.8 Å². The lowest BCUT2D eigenvalue weighted by Crippen LogP contribution is -2.32. The number of nitrogens with one attached hydrogen (secondary N) is 1. The lowest BCUT2D eigenvalue weighted by Gasteiger charge is -2.17. The summed E-state index contributed by atoms with van der Waals surface area (Å²) in [6.45, 7) is 7.35. The third-order valence-electron chi connectivity index (χ3n) is 2.21. The van der Waals surface area contributed by atoms with Crippen molar-refractivity contribution in [3.8, 4) is 0 Å². The summed E-state index contributed by atoms with van der Waals surface area (Å²) in [6.07, 6.45) is 2.91. The molecule has 1 unspecified atom stereocenters. The van der Waals surface area contributed by atoms with Gasteiger partial charge in [0.2, 0.25) is 0 Å². The van der Waals surface area contributed by atoms with Gasteiger partial charge in [-0.2, -0.15) is 0 Å². The average molecular weight is 228 g/mol. The Labute approximate surface area is 95.6 Å². The van der Waals surface area contributed by atoms with E-state index in [4.69, 9.17) is 0 Å². The van der Waals surface area contributed by atoms with E-state index in [2.05, 4.69) is 24.1 Å². The van der Waals surface area contributed by atoms with Gasteiger partial charge in [0, 0.05) is 23.7 Å². The molecule has 0 fully saturated rings. The molecular formula is C11H20N2OS. The zero-order valence-corrected chi connectivity index (χ0v) is 10.5. The van der Waals surface area contributed by atoms with Crippen LogP contribution in [0.25, 0.3) is 0 Å². The summed E-state index contributed by atoms with van der Waals surface area (Å²) in [5.41, 5.74) is 0. The summed E-state index contributed by atoms with van der Waals surface area (Å²) in [7, 11) is 0. The highest BCUT2D eigenvalue weighted by molar-refractivity contribution is 7.11. The van der Waals surface area contributed by atoms with Crippen molar-refractivity contribution in [2.45, 2.75) is 39.8 Å². The van der Waals surface area contributed by atoms with Crippen molar-refractivity contribution in [3.63, 3.8) is 0 Å². The van der Waals surface area contributed by atoms with Gasteiger partial charge in [-0.15, -0.1) is 11.3 Å². The molecule has 0 saturated heterocycles. The van der Waals surface area contributed by atoms with Gasteiger partial charge in [0.15, 0.2) is 0 Å². The quantitative estimate of drug-likeness (QED) is 0.782. The number of rotatable bonds is 6. The highest BCUT2D eigenvalue weighted by atomic mass is 32.1. The molecule has 0 aromatic carbocycles. The van der Waals surface area contributed by atoms with Crippen LogP contribution >= 0.6 is 11.3 Å². The normalized spacial score (nSPS) is 13.4. The Morgan fingerprint density at radius 2 is 2.27 bits per heavy atom. The molecule has 0 aliphatic carbocycles. The van der Waals surface area contributed by atoms with Crippen molar-refractivity contribution in [1.82, 2.24) is 10.3 Å². The van der Waals surface area contributed by atoms with Crippen LogP contribution in [-0.2, 0) is 6.54 Å². The van der Waals surface area contributed by atoms with Crippen molar-refractivity contribution >= 4 is 11.3 Å². The van der Waals surface area contributed by atoms with Gasteiger partial charge in [-0.25, -0.2) is 4.98 Å². The molecule has 0 radical (unpaired) electrons. The number of thiazole rings is 1. The molecule has 86 valence electrons. The van der Waals surface area contributed by atoms with E-state index in [0.717, 1.165) is 18.0 Å². The summed E-state index contributed by atoms with van der Waals surface area (Å²) in [6, 6.07) is 0.201. The summed E-state index contributed by atoms with van der Waals surface area (Å²) < 4.78 is 0. The number of aliphatic hydroxyl groups is 1. The minimum atomic E-state index is 0.201. The number of hydrogen-bond acceptors (Lipinski definition) is 4. The zero-order chi connectivity index (χ0) is 11.3. The second-order valence-electron chi connectivity index (χ2n) is 4.24. The van der Waals surface area contributed by atoms with Gasteiger partial charge in [-0.3, -0.25) is 0 Å². The van der Waals surface area contributed by atoms with Crippen LogP contribution in [0.3, 0.4) is 0 Å². The van der Waals surface area contributed by atoms with Crippen molar-refractivity contribution in [2.24, 2.45) is 5.92 Å². The van der Waals surface area contributed by atoms with Crippen LogP contribution in [0.2, 0.25) is 0 Å². The monoisotopic (exact) mass is 228 g/mol. The number of nitrogens with zero attached hydrogens (tertiary/aromatic N) is 1. The van der Waals surface area contributed by atoms with Crippen LogP contribution in [0, 0.1) is 12.8 Å². The molecule has 15 heavy (non-hydrogen) atoms. The first-order valence-corrected chi connectivity index (χ1v) is 6.19. The van der Waals surface area contributed by atoms with Gasteiger partial charge in [0.1, 0.15) is 0 Å². The molecule has 0 aliphatic heterocycles. The van der Waals surface area contributed by atoms with Crippen LogP contribution in [0.15, 0.2) is 6.20 Å². The van der Waals surface area contributed by atoms with Crippen LogP contribution in [0.5, 0.6) is 0 Å². The fourth-order valence-corrected chi connectivity index (χ4v) is 2.27. The fourth-order valence-electron chi connectivity index (χ4n) is 1.52. The predicted octanol–water partition coefficient (Wildman–Crippen LogP) is 1.95. The van der Waals surface area contributed by atoms with Gasteiger partial charge in [-0.05, 0) is 19.3 Å². The molecule has 0 amide bonds. The molecule has 3 nitrogen and oxygen atoms in total. The summed E-state index contributed by atoms with van der Waals surface area (Å²) >= 11 is 1.70. The highest BCUT2D eigenvalue weighted by Gasteiger charge is 2.09. The smallest absolute Gasteiger partial charge is 0.0897 e. The van der Waals surface area contributed by atoms with E-state index in [1.807, 2.05) is 13.1 Å². The number of aliphatic hydroxyl groups excluding tert-OH is 1. The highest BCUT2D eigenvalue weighted by Crippen LogP contribution is 2.12. The number of hydrogen-bond donors (Lipinski definition) is 2. The molecule has 1 rings (SSSR count). The first kappa shape index (κ1) is 12.6. The summed E-state index contributed by atoms with van der Waals surface area (Å²) in [5.74, 6) is 0.609. The van der Waals surface area contributed by atoms with Gasteiger partial charge < -0.3 is 10.4 Å².